The highest BCUT2D eigenvalue weighted by molar-refractivity contribution is 6.42. The molecule has 3 heterocycles. The molecule has 0 radical (unpaired) electrons. The highest BCUT2D eigenvalue weighted by Crippen LogP contribution is 2.55. The van der Waals surface area contributed by atoms with Crippen LogP contribution in [0.3, 0.4) is 0 Å². The number of carbonyl (C=O) groups excluding carboxylic acids is 3. The Labute approximate surface area is 233 Å². The summed E-state index contributed by atoms with van der Waals surface area (Å²) in [5.74, 6) is -2.38. The summed E-state index contributed by atoms with van der Waals surface area (Å²) in [6, 6.07) is 4.07. The summed E-state index contributed by atoms with van der Waals surface area (Å²) in [4.78, 5) is 42.9. The van der Waals surface area contributed by atoms with Gasteiger partial charge in [-0.3, -0.25) is 14.4 Å². The van der Waals surface area contributed by atoms with Crippen LogP contribution >= 0.6 is 23.2 Å². The molecular weight excluding hydrogens is 529 g/mol. The molecule has 1 aromatic carbocycles. The van der Waals surface area contributed by atoms with Gasteiger partial charge in [0.1, 0.15) is 11.6 Å². The normalized spacial score (nSPS) is 30.2. The number of nitrogens with zero attached hydrogens (tertiary/aromatic N) is 1. The van der Waals surface area contributed by atoms with Gasteiger partial charge < -0.3 is 25.0 Å². The van der Waals surface area contributed by atoms with Crippen LogP contribution in [0.5, 0.6) is 0 Å². The zero-order valence-electron chi connectivity index (χ0n) is 21.8. The Hall–Kier alpha value is -2.13. The predicted molar refractivity (Wildman–Crippen MR) is 145 cm³/mol. The summed E-state index contributed by atoms with van der Waals surface area (Å²) in [5.41, 5.74) is -0.705. The maximum absolute atomic E-state index is 13.9. The number of benzene rings is 1. The molecule has 1 aromatic rings. The number of ether oxygens (including phenoxy) is 2. The number of halogens is 2. The van der Waals surface area contributed by atoms with Crippen molar-refractivity contribution in [2.75, 3.05) is 18.5 Å². The Balaban J connectivity index is 1.39. The van der Waals surface area contributed by atoms with Crippen molar-refractivity contribution in [1.82, 2.24) is 10.2 Å². The van der Waals surface area contributed by atoms with Crippen LogP contribution in [0.25, 0.3) is 0 Å². The van der Waals surface area contributed by atoms with Gasteiger partial charge in [0.2, 0.25) is 17.7 Å². The molecule has 2 bridgehead atoms. The molecule has 4 aliphatic rings. The van der Waals surface area contributed by atoms with Crippen molar-refractivity contribution in [2.24, 2.45) is 11.8 Å². The fourth-order valence-electron chi connectivity index (χ4n) is 6.39. The first-order chi connectivity index (χ1) is 18.2. The molecule has 2 saturated heterocycles. The Bertz CT molecular complexity index is 1120. The smallest absolute Gasteiger partial charge is 0.246 e. The third-order valence-corrected chi connectivity index (χ3v) is 8.80. The van der Waals surface area contributed by atoms with E-state index < -0.39 is 29.6 Å². The van der Waals surface area contributed by atoms with Gasteiger partial charge in [0.25, 0.3) is 0 Å². The molecule has 1 spiro atoms. The lowest BCUT2D eigenvalue weighted by Gasteiger charge is -2.34. The number of hydrogen-bond acceptors (Lipinski definition) is 5. The number of anilines is 1. The quantitative estimate of drug-likeness (QED) is 0.344. The minimum absolute atomic E-state index is 0.0731. The molecule has 2 N–H and O–H groups in total. The number of carbonyl (C=O) groups is 3. The van der Waals surface area contributed by atoms with Crippen LogP contribution in [0.2, 0.25) is 10.0 Å². The summed E-state index contributed by atoms with van der Waals surface area (Å²) in [6.07, 6.45) is 8.89. The first-order valence-electron chi connectivity index (χ1n) is 13.6. The van der Waals surface area contributed by atoms with Crippen molar-refractivity contribution in [2.45, 2.75) is 82.3 Å². The highest BCUT2D eigenvalue weighted by Gasteiger charge is 2.72. The predicted octanol–water partition coefficient (Wildman–Crippen LogP) is 4.35. The summed E-state index contributed by atoms with van der Waals surface area (Å²) >= 11 is 12.1. The van der Waals surface area contributed by atoms with E-state index in [2.05, 4.69) is 10.6 Å². The zero-order valence-corrected chi connectivity index (χ0v) is 23.3. The molecule has 1 saturated carbocycles. The van der Waals surface area contributed by atoms with Gasteiger partial charge in [-0.1, -0.05) is 54.6 Å². The van der Waals surface area contributed by atoms with E-state index in [1.54, 1.807) is 23.1 Å². The number of amides is 3. The van der Waals surface area contributed by atoms with E-state index in [1.807, 2.05) is 26.0 Å². The van der Waals surface area contributed by atoms with Crippen molar-refractivity contribution < 1.29 is 23.9 Å². The molecule has 0 aromatic heterocycles. The summed E-state index contributed by atoms with van der Waals surface area (Å²) < 4.78 is 12.1. The van der Waals surface area contributed by atoms with E-state index in [-0.39, 0.29) is 29.9 Å². The molecular formula is C28H35Cl2N3O5. The summed E-state index contributed by atoms with van der Waals surface area (Å²) in [7, 11) is 0. The van der Waals surface area contributed by atoms with Gasteiger partial charge in [-0.15, -0.1) is 0 Å². The first kappa shape index (κ1) is 27.4. The lowest BCUT2D eigenvalue weighted by molar-refractivity contribution is -0.141. The van der Waals surface area contributed by atoms with Gasteiger partial charge in [0.15, 0.2) is 0 Å². The lowest BCUT2D eigenvalue weighted by atomic mass is 9.74. The van der Waals surface area contributed by atoms with E-state index in [0.717, 1.165) is 25.7 Å². The van der Waals surface area contributed by atoms with E-state index in [1.165, 1.54) is 6.42 Å². The number of likely N-dealkylation sites (tertiary alicyclic amines) is 1. The third kappa shape index (κ3) is 5.08. The van der Waals surface area contributed by atoms with Crippen LogP contribution in [0.1, 0.15) is 52.4 Å². The second-order valence-corrected chi connectivity index (χ2v) is 11.8. The van der Waals surface area contributed by atoms with Crippen LogP contribution in [0.15, 0.2) is 30.4 Å². The number of rotatable bonds is 9. The standard InChI is InChI=1S/C28H35Cl2N3O5/c1-16(2)37-14-6-13-33-24(26(35)31-17-7-4-3-5-8-17)28-12-11-21(38-28)22(23(28)27(33)36)25(34)32-18-9-10-19(29)20(30)15-18/h9-12,15-17,21-24H,3-8,13-14H2,1-2H3,(H,31,35)(H,32,34). The minimum atomic E-state index is -1.18. The average molecular weight is 565 g/mol. The topological polar surface area (TPSA) is 97.0 Å². The molecule has 10 heteroatoms. The number of nitrogens with one attached hydrogen (secondary N) is 2. The molecule has 3 fully saturated rings. The Morgan fingerprint density at radius 3 is 2.63 bits per heavy atom. The average Bonchev–Trinajstić information content (AvgIpc) is 3.52. The van der Waals surface area contributed by atoms with Crippen molar-refractivity contribution in [3.05, 3.63) is 40.4 Å². The lowest BCUT2D eigenvalue weighted by Crippen LogP contribution is -2.56. The van der Waals surface area contributed by atoms with Gasteiger partial charge in [-0.2, -0.15) is 0 Å². The monoisotopic (exact) mass is 563 g/mol. The second kappa shape index (κ2) is 11.2. The van der Waals surface area contributed by atoms with Crippen molar-refractivity contribution in [3.8, 4) is 0 Å². The Morgan fingerprint density at radius 2 is 1.92 bits per heavy atom. The van der Waals surface area contributed by atoms with Gasteiger partial charge in [-0.25, -0.2) is 0 Å². The van der Waals surface area contributed by atoms with Crippen LogP contribution < -0.4 is 10.6 Å². The van der Waals surface area contributed by atoms with E-state index in [9.17, 15) is 14.4 Å². The minimum Gasteiger partial charge on any atom is -0.379 e. The van der Waals surface area contributed by atoms with Gasteiger partial charge in [0, 0.05) is 24.9 Å². The molecule has 5 unspecified atom stereocenters. The van der Waals surface area contributed by atoms with Crippen LogP contribution in [-0.4, -0.2) is 65.7 Å². The SMILES string of the molecule is CC(C)OCCCN1C(=O)C2C(C(=O)Nc3ccc(Cl)c(Cl)c3)C3C=CC2(O3)C1C(=O)NC1CCCCC1. The van der Waals surface area contributed by atoms with Gasteiger partial charge >= 0.3 is 0 Å². The zero-order chi connectivity index (χ0) is 27.0. The molecule has 8 nitrogen and oxygen atoms in total. The largest absolute Gasteiger partial charge is 0.379 e. The second-order valence-electron chi connectivity index (χ2n) is 11.0. The maximum atomic E-state index is 13.9. The van der Waals surface area contributed by atoms with Crippen LogP contribution in [0, 0.1) is 11.8 Å². The number of fused-ring (bicyclic) bond motifs is 1. The molecule has 5 rings (SSSR count). The summed E-state index contributed by atoms with van der Waals surface area (Å²) in [5, 5.41) is 6.76. The maximum Gasteiger partial charge on any atom is 0.246 e. The Kier molecular flexibility index (Phi) is 8.06. The first-order valence-corrected chi connectivity index (χ1v) is 14.3. The van der Waals surface area contributed by atoms with Crippen LogP contribution in [0.4, 0.5) is 5.69 Å². The number of hydrogen-bond donors (Lipinski definition) is 2. The molecule has 1 aliphatic carbocycles. The van der Waals surface area contributed by atoms with E-state index in [0.29, 0.717) is 35.3 Å². The van der Waals surface area contributed by atoms with Crippen molar-refractivity contribution in [1.29, 1.82) is 0 Å². The van der Waals surface area contributed by atoms with E-state index >= 15 is 0 Å². The van der Waals surface area contributed by atoms with Crippen LogP contribution in [-0.2, 0) is 23.9 Å². The molecule has 38 heavy (non-hydrogen) atoms. The molecule has 5 atom stereocenters. The van der Waals surface area contributed by atoms with Gasteiger partial charge in [0.05, 0.1) is 34.1 Å². The Morgan fingerprint density at radius 1 is 1.16 bits per heavy atom. The summed E-state index contributed by atoms with van der Waals surface area (Å²) in [6.45, 7) is 4.73. The molecule has 3 aliphatic heterocycles. The molecule has 206 valence electrons. The molecule has 3 amide bonds. The highest BCUT2D eigenvalue weighted by atomic mass is 35.5. The van der Waals surface area contributed by atoms with Crippen molar-refractivity contribution in [3.63, 3.8) is 0 Å². The fraction of sp³-hybridized carbons (Fsp3) is 0.607. The van der Waals surface area contributed by atoms with E-state index in [4.69, 9.17) is 32.7 Å². The van der Waals surface area contributed by atoms with Crippen molar-refractivity contribution >= 4 is 46.6 Å². The van der Waals surface area contributed by atoms with Gasteiger partial charge in [-0.05, 0) is 51.3 Å². The fourth-order valence-corrected chi connectivity index (χ4v) is 6.69. The third-order valence-electron chi connectivity index (χ3n) is 8.06.